The molecule has 0 aromatic rings. The van der Waals surface area contributed by atoms with Gasteiger partial charge in [0, 0.05) is 11.3 Å². The number of hydrogen-bond acceptors (Lipinski definition) is 2. The maximum atomic E-state index is 5.81. The Balaban J connectivity index is 2.30. The van der Waals surface area contributed by atoms with Crippen molar-refractivity contribution in [3.05, 3.63) is 12.7 Å². The summed E-state index contributed by atoms with van der Waals surface area (Å²) in [7, 11) is 0. The molecule has 2 heteroatoms. The highest BCUT2D eigenvalue weighted by Crippen LogP contribution is 2.26. The van der Waals surface area contributed by atoms with Gasteiger partial charge in [-0.05, 0) is 18.6 Å². The lowest BCUT2D eigenvalue weighted by atomic mass is 10.1. The predicted octanol–water partition coefficient (Wildman–Crippen LogP) is 1.79. The van der Waals surface area contributed by atoms with Gasteiger partial charge in [0.15, 0.2) is 0 Å². The van der Waals surface area contributed by atoms with E-state index in [-0.39, 0.29) is 6.04 Å². The number of thioether (sulfide) groups is 1. The fourth-order valence-corrected chi connectivity index (χ4v) is 2.56. The van der Waals surface area contributed by atoms with Gasteiger partial charge in [0.05, 0.1) is 0 Å². The summed E-state index contributed by atoms with van der Waals surface area (Å²) < 4.78 is 0. The van der Waals surface area contributed by atoms with Crippen LogP contribution in [-0.4, -0.2) is 17.0 Å². The van der Waals surface area contributed by atoms with E-state index < -0.39 is 0 Å². The molecule has 2 N–H and O–H groups in total. The molecule has 0 radical (unpaired) electrons. The molecule has 0 amide bonds. The van der Waals surface area contributed by atoms with E-state index in [1.807, 2.05) is 17.8 Å². The average Bonchev–Trinajstić information content (AvgIpc) is 2.05. The van der Waals surface area contributed by atoms with Crippen molar-refractivity contribution in [3.63, 3.8) is 0 Å². The Hall–Kier alpha value is 0.0500. The first kappa shape index (κ1) is 8.15. The predicted molar refractivity (Wildman–Crippen MR) is 48.3 cm³/mol. The zero-order chi connectivity index (χ0) is 7.40. The summed E-state index contributed by atoms with van der Waals surface area (Å²) in [5.41, 5.74) is 5.81. The van der Waals surface area contributed by atoms with E-state index in [2.05, 4.69) is 6.58 Å². The van der Waals surface area contributed by atoms with Crippen molar-refractivity contribution in [2.75, 3.05) is 5.75 Å². The van der Waals surface area contributed by atoms with Crippen LogP contribution in [0.5, 0.6) is 0 Å². The third-order valence-corrected chi connectivity index (χ3v) is 3.42. The molecule has 1 nitrogen and oxygen atoms in total. The molecule has 1 fully saturated rings. The van der Waals surface area contributed by atoms with Crippen molar-refractivity contribution < 1.29 is 0 Å². The Kier molecular flexibility index (Phi) is 3.29. The van der Waals surface area contributed by atoms with Gasteiger partial charge in [-0.1, -0.05) is 12.5 Å². The molecule has 0 aliphatic carbocycles. The Morgan fingerprint density at radius 1 is 1.60 bits per heavy atom. The molecule has 2 atom stereocenters. The molecule has 0 bridgehead atoms. The second kappa shape index (κ2) is 4.04. The maximum absolute atomic E-state index is 5.81. The van der Waals surface area contributed by atoms with Crippen LogP contribution in [0.3, 0.4) is 0 Å². The molecule has 0 aromatic carbocycles. The van der Waals surface area contributed by atoms with Gasteiger partial charge in [-0.3, -0.25) is 0 Å². The van der Waals surface area contributed by atoms with E-state index in [1.54, 1.807) is 0 Å². The first-order chi connectivity index (χ1) is 4.84. The fraction of sp³-hybridized carbons (Fsp3) is 0.750. The van der Waals surface area contributed by atoms with Crippen molar-refractivity contribution in [2.45, 2.75) is 30.6 Å². The minimum atomic E-state index is 0.213. The number of rotatable bonds is 2. The molecular weight excluding hydrogens is 142 g/mol. The van der Waals surface area contributed by atoms with Crippen LogP contribution >= 0.6 is 11.8 Å². The Morgan fingerprint density at radius 3 is 2.90 bits per heavy atom. The molecule has 2 unspecified atom stereocenters. The Bertz CT molecular complexity index is 108. The molecular formula is C8H15NS. The van der Waals surface area contributed by atoms with E-state index in [1.165, 1.54) is 25.0 Å². The van der Waals surface area contributed by atoms with Crippen molar-refractivity contribution >= 4 is 11.8 Å². The topological polar surface area (TPSA) is 26.0 Å². The quantitative estimate of drug-likeness (QED) is 0.618. The van der Waals surface area contributed by atoms with Gasteiger partial charge in [0.2, 0.25) is 0 Å². The lowest BCUT2D eigenvalue weighted by molar-refractivity contribution is 0.621. The van der Waals surface area contributed by atoms with Gasteiger partial charge in [-0.25, -0.2) is 0 Å². The van der Waals surface area contributed by atoms with Crippen molar-refractivity contribution in [1.82, 2.24) is 0 Å². The molecule has 1 aliphatic heterocycles. The van der Waals surface area contributed by atoms with Crippen molar-refractivity contribution in [3.8, 4) is 0 Å². The zero-order valence-electron chi connectivity index (χ0n) is 6.25. The molecule has 0 saturated carbocycles. The maximum Gasteiger partial charge on any atom is 0.0342 e. The first-order valence-corrected chi connectivity index (χ1v) is 4.89. The molecule has 1 heterocycles. The largest absolute Gasteiger partial charge is 0.324 e. The highest BCUT2D eigenvalue weighted by molar-refractivity contribution is 8.00. The summed E-state index contributed by atoms with van der Waals surface area (Å²) in [6, 6.07) is 0.213. The smallest absolute Gasteiger partial charge is 0.0342 e. The number of hydrogen-bond donors (Lipinski definition) is 1. The lowest BCUT2D eigenvalue weighted by Crippen LogP contribution is -2.31. The van der Waals surface area contributed by atoms with Gasteiger partial charge in [0.1, 0.15) is 0 Å². The van der Waals surface area contributed by atoms with Crippen LogP contribution in [0.1, 0.15) is 19.3 Å². The van der Waals surface area contributed by atoms with Crippen LogP contribution in [0.2, 0.25) is 0 Å². The molecule has 0 spiro atoms. The Labute approximate surface area is 67.1 Å². The minimum absolute atomic E-state index is 0.213. The Morgan fingerprint density at radius 2 is 2.40 bits per heavy atom. The third kappa shape index (κ3) is 2.03. The monoisotopic (exact) mass is 157 g/mol. The summed E-state index contributed by atoms with van der Waals surface area (Å²) in [6.45, 7) is 3.70. The summed E-state index contributed by atoms with van der Waals surface area (Å²) in [5.74, 6) is 1.28. The number of nitrogens with two attached hydrogens (primary N) is 1. The lowest BCUT2D eigenvalue weighted by Gasteiger charge is -2.24. The van der Waals surface area contributed by atoms with Gasteiger partial charge in [-0.15, -0.1) is 6.58 Å². The summed E-state index contributed by atoms with van der Waals surface area (Å²) in [6.07, 6.45) is 5.85. The van der Waals surface area contributed by atoms with E-state index >= 15 is 0 Å². The van der Waals surface area contributed by atoms with Crippen LogP contribution in [0.15, 0.2) is 12.7 Å². The van der Waals surface area contributed by atoms with Gasteiger partial charge in [0.25, 0.3) is 0 Å². The molecule has 1 rings (SSSR count). The van der Waals surface area contributed by atoms with Crippen molar-refractivity contribution in [2.24, 2.45) is 5.73 Å². The molecule has 10 heavy (non-hydrogen) atoms. The van der Waals surface area contributed by atoms with E-state index in [9.17, 15) is 0 Å². The van der Waals surface area contributed by atoms with E-state index in [0.29, 0.717) is 5.25 Å². The normalized spacial score (nSPS) is 29.5. The second-order valence-corrected chi connectivity index (χ2v) is 4.07. The van der Waals surface area contributed by atoms with E-state index in [4.69, 9.17) is 5.73 Å². The highest BCUT2D eigenvalue weighted by atomic mass is 32.2. The van der Waals surface area contributed by atoms with Crippen LogP contribution < -0.4 is 5.73 Å². The van der Waals surface area contributed by atoms with Crippen LogP contribution in [0.25, 0.3) is 0 Å². The van der Waals surface area contributed by atoms with Gasteiger partial charge >= 0.3 is 0 Å². The van der Waals surface area contributed by atoms with Gasteiger partial charge in [-0.2, -0.15) is 11.8 Å². The molecule has 1 aliphatic rings. The highest BCUT2D eigenvalue weighted by Gasteiger charge is 2.17. The van der Waals surface area contributed by atoms with E-state index in [0.717, 1.165) is 0 Å². The van der Waals surface area contributed by atoms with Gasteiger partial charge < -0.3 is 5.73 Å². The fourth-order valence-electron chi connectivity index (χ4n) is 1.22. The SMILES string of the molecule is C=CC(N)C1CCCCS1. The second-order valence-electron chi connectivity index (χ2n) is 2.72. The van der Waals surface area contributed by atoms with Crippen LogP contribution in [0, 0.1) is 0 Å². The average molecular weight is 157 g/mol. The molecule has 1 saturated heterocycles. The minimum Gasteiger partial charge on any atom is -0.324 e. The standard InChI is InChI=1S/C8H15NS/c1-2-7(9)8-5-3-4-6-10-8/h2,7-8H,1,3-6,9H2. The molecule has 0 aromatic heterocycles. The zero-order valence-corrected chi connectivity index (χ0v) is 7.07. The van der Waals surface area contributed by atoms with Crippen molar-refractivity contribution in [1.29, 1.82) is 0 Å². The third-order valence-electron chi connectivity index (χ3n) is 1.92. The first-order valence-electron chi connectivity index (χ1n) is 3.84. The van der Waals surface area contributed by atoms with Crippen LogP contribution in [-0.2, 0) is 0 Å². The van der Waals surface area contributed by atoms with Crippen LogP contribution in [0.4, 0.5) is 0 Å². The summed E-state index contributed by atoms with van der Waals surface area (Å²) in [5, 5.41) is 0.645. The summed E-state index contributed by atoms with van der Waals surface area (Å²) >= 11 is 2.00. The summed E-state index contributed by atoms with van der Waals surface area (Å²) in [4.78, 5) is 0. The molecule has 58 valence electrons.